The summed E-state index contributed by atoms with van der Waals surface area (Å²) in [7, 11) is 0. The fourth-order valence-corrected chi connectivity index (χ4v) is 4.65. The predicted octanol–water partition coefficient (Wildman–Crippen LogP) is 4.57. The van der Waals surface area contributed by atoms with Gasteiger partial charge in [-0.3, -0.25) is 0 Å². The van der Waals surface area contributed by atoms with Crippen LogP contribution >= 0.6 is 24.0 Å². The summed E-state index contributed by atoms with van der Waals surface area (Å²) in [5, 5.41) is 0. The number of aromatic nitrogens is 2. The van der Waals surface area contributed by atoms with Crippen LogP contribution in [-0.2, 0) is 11.5 Å². The van der Waals surface area contributed by atoms with Gasteiger partial charge in [-0.05, 0) is 18.8 Å². The molecule has 2 heterocycles. The Labute approximate surface area is 118 Å². The van der Waals surface area contributed by atoms with Crippen molar-refractivity contribution >= 4 is 24.0 Å². The lowest BCUT2D eigenvalue weighted by molar-refractivity contribution is 0.306. The maximum atomic E-state index is 5.45. The highest BCUT2D eigenvalue weighted by molar-refractivity contribution is 7.98. The summed E-state index contributed by atoms with van der Waals surface area (Å²) in [6, 6.07) is 0. The van der Waals surface area contributed by atoms with Crippen molar-refractivity contribution in [3.63, 3.8) is 0 Å². The molecule has 1 aliphatic carbocycles. The summed E-state index contributed by atoms with van der Waals surface area (Å²) in [5.74, 6) is 4.79. The monoisotopic (exact) mass is 280 g/mol. The molecular formula is C14H20N2S2. The topological polar surface area (TPSA) is 28.7 Å². The standard InChI is InChI=1S/C14H20N2S2/c1-2-9-4-3-5-10(6-9)13-15-12-8-18-7-11(12)14(17)16-13/h9-10H,2-8H2,1H3,(H,15,16,17). The molecule has 2 nitrogen and oxygen atoms in total. The molecule has 0 saturated heterocycles. The van der Waals surface area contributed by atoms with E-state index >= 15 is 0 Å². The molecule has 0 bridgehead atoms. The van der Waals surface area contributed by atoms with Crippen LogP contribution in [0, 0.1) is 10.6 Å². The first-order chi connectivity index (χ1) is 8.78. The molecule has 0 radical (unpaired) electrons. The largest absolute Gasteiger partial charge is 0.346 e. The lowest BCUT2D eigenvalue weighted by atomic mass is 9.80. The van der Waals surface area contributed by atoms with Gasteiger partial charge in [0.05, 0.1) is 0 Å². The zero-order valence-electron chi connectivity index (χ0n) is 10.9. The van der Waals surface area contributed by atoms with E-state index < -0.39 is 0 Å². The van der Waals surface area contributed by atoms with Crippen LogP contribution in [0.3, 0.4) is 0 Å². The molecule has 1 aliphatic heterocycles. The normalized spacial score (nSPS) is 27.2. The van der Waals surface area contributed by atoms with Crippen LogP contribution in [-0.4, -0.2) is 9.97 Å². The van der Waals surface area contributed by atoms with Crippen LogP contribution in [0.4, 0.5) is 0 Å². The highest BCUT2D eigenvalue weighted by Gasteiger charge is 2.25. The number of hydrogen-bond donors (Lipinski definition) is 1. The van der Waals surface area contributed by atoms with Crippen molar-refractivity contribution in [2.24, 2.45) is 5.92 Å². The quantitative estimate of drug-likeness (QED) is 0.804. The summed E-state index contributed by atoms with van der Waals surface area (Å²) >= 11 is 7.39. The SMILES string of the molecule is CCC1CCCC(c2nc(=S)c3c([nH]2)CSC3)C1. The second kappa shape index (κ2) is 5.33. The number of aromatic amines is 1. The molecule has 18 heavy (non-hydrogen) atoms. The summed E-state index contributed by atoms with van der Waals surface area (Å²) in [6.45, 7) is 2.31. The van der Waals surface area contributed by atoms with E-state index in [1.165, 1.54) is 49.2 Å². The average molecular weight is 280 g/mol. The first kappa shape index (κ1) is 12.7. The highest BCUT2D eigenvalue weighted by atomic mass is 32.2. The maximum Gasteiger partial charge on any atom is 0.134 e. The van der Waals surface area contributed by atoms with Gasteiger partial charge in [0.1, 0.15) is 10.5 Å². The third-order valence-corrected chi connectivity index (χ3v) is 5.69. The van der Waals surface area contributed by atoms with Gasteiger partial charge < -0.3 is 4.98 Å². The summed E-state index contributed by atoms with van der Waals surface area (Å²) in [5.41, 5.74) is 2.62. The van der Waals surface area contributed by atoms with Crippen LogP contribution in [0.15, 0.2) is 0 Å². The van der Waals surface area contributed by atoms with Crippen molar-refractivity contribution < 1.29 is 0 Å². The molecule has 1 N–H and O–H groups in total. The molecule has 3 rings (SSSR count). The van der Waals surface area contributed by atoms with Crippen LogP contribution in [0.25, 0.3) is 0 Å². The number of H-pyrrole nitrogens is 1. The summed E-state index contributed by atoms with van der Waals surface area (Å²) < 4.78 is 0.849. The second-order valence-electron chi connectivity index (χ2n) is 5.51. The number of rotatable bonds is 2. The van der Waals surface area contributed by atoms with E-state index in [-0.39, 0.29) is 0 Å². The molecule has 2 aliphatic rings. The number of nitrogens with one attached hydrogen (secondary N) is 1. The predicted molar refractivity (Wildman–Crippen MR) is 79.4 cm³/mol. The van der Waals surface area contributed by atoms with Gasteiger partial charge in [-0.25, -0.2) is 4.98 Å². The summed E-state index contributed by atoms with van der Waals surface area (Å²) in [4.78, 5) is 8.26. The van der Waals surface area contributed by atoms with Gasteiger partial charge in [-0.15, -0.1) is 0 Å². The molecule has 2 atom stereocenters. The van der Waals surface area contributed by atoms with Crippen molar-refractivity contribution in [3.05, 3.63) is 21.7 Å². The molecule has 0 amide bonds. The van der Waals surface area contributed by atoms with Gasteiger partial charge in [-0.2, -0.15) is 11.8 Å². The second-order valence-corrected chi connectivity index (χ2v) is 6.89. The van der Waals surface area contributed by atoms with E-state index in [2.05, 4.69) is 16.9 Å². The number of thioether (sulfide) groups is 1. The Morgan fingerprint density at radius 3 is 3.11 bits per heavy atom. The molecule has 1 fully saturated rings. The first-order valence-corrected chi connectivity index (χ1v) is 8.54. The minimum absolute atomic E-state index is 0.612. The smallest absolute Gasteiger partial charge is 0.134 e. The Balaban J connectivity index is 1.88. The van der Waals surface area contributed by atoms with Crippen molar-refractivity contribution in [1.29, 1.82) is 0 Å². The Bertz CT molecular complexity index is 495. The molecule has 0 aromatic carbocycles. The fourth-order valence-electron chi connectivity index (χ4n) is 3.19. The Morgan fingerprint density at radius 2 is 2.28 bits per heavy atom. The zero-order chi connectivity index (χ0) is 12.5. The number of hydrogen-bond acceptors (Lipinski definition) is 3. The van der Waals surface area contributed by atoms with Gasteiger partial charge in [0.25, 0.3) is 0 Å². The number of fused-ring (bicyclic) bond motifs is 1. The Morgan fingerprint density at radius 1 is 1.39 bits per heavy atom. The third-order valence-electron chi connectivity index (χ3n) is 4.36. The van der Waals surface area contributed by atoms with Gasteiger partial charge in [0.2, 0.25) is 0 Å². The van der Waals surface area contributed by atoms with E-state index in [1.54, 1.807) is 0 Å². The van der Waals surface area contributed by atoms with Crippen molar-refractivity contribution in [3.8, 4) is 0 Å². The molecule has 98 valence electrons. The van der Waals surface area contributed by atoms with Crippen LogP contribution in [0.5, 0.6) is 0 Å². The van der Waals surface area contributed by atoms with E-state index in [0.29, 0.717) is 5.92 Å². The van der Waals surface area contributed by atoms with Crippen LogP contribution < -0.4 is 0 Å². The van der Waals surface area contributed by atoms with Gasteiger partial charge in [0, 0.05) is 28.7 Å². The zero-order valence-corrected chi connectivity index (χ0v) is 12.5. The van der Waals surface area contributed by atoms with Gasteiger partial charge >= 0.3 is 0 Å². The minimum atomic E-state index is 0.612. The number of nitrogens with zero attached hydrogens (tertiary/aromatic N) is 1. The fraction of sp³-hybridized carbons (Fsp3) is 0.714. The average Bonchev–Trinajstić information content (AvgIpc) is 2.87. The molecular weight excluding hydrogens is 260 g/mol. The first-order valence-electron chi connectivity index (χ1n) is 6.97. The van der Waals surface area contributed by atoms with Crippen molar-refractivity contribution in [2.75, 3.05) is 0 Å². The van der Waals surface area contributed by atoms with Gasteiger partial charge in [0.15, 0.2) is 0 Å². The van der Waals surface area contributed by atoms with Crippen molar-refractivity contribution in [1.82, 2.24) is 9.97 Å². The maximum absolute atomic E-state index is 5.45. The van der Waals surface area contributed by atoms with E-state index in [0.717, 1.165) is 22.1 Å². The Kier molecular flexibility index (Phi) is 3.76. The molecule has 1 aromatic rings. The molecule has 1 aromatic heterocycles. The Hall–Kier alpha value is -0.350. The van der Waals surface area contributed by atoms with Crippen LogP contribution in [0.1, 0.15) is 62.0 Å². The van der Waals surface area contributed by atoms with Crippen LogP contribution in [0.2, 0.25) is 0 Å². The summed E-state index contributed by atoms with van der Waals surface area (Å²) in [6.07, 6.45) is 6.62. The third kappa shape index (κ3) is 2.37. The van der Waals surface area contributed by atoms with E-state index in [4.69, 9.17) is 12.2 Å². The lowest BCUT2D eigenvalue weighted by Gasteiger charge is -2.28. The van der Waals surface area contributed by atoms with Crippen molar-refractivity contribution in [2.45, 2.75) is 56.5 Å². The van der Waals surface area contributed by atoms with E-state index in [1.807, 2.05) is 11.8 Å². The lowest BCUT2D eigenvalue weighted by Crippen LogP contribution is -2.16. The van der Waals surface area contributed by atoms with Gasteiger partial charge in [-0.1, -0.05) is 38.4 Å². The molecule has 2 unspecified atom stereocenters. The highest BCUT2D eigenvalue weighted by Crippen LogP contribution is 2.37. The molecule has 0 spiro atoms. The van der Waals surface area contributed by atoms with E-state index in [9.17, 15) is 0 Å². The molecule has 4 heteroatoms. The minimum Gasteiger partial charge on any atom is -0.346 e. The molecule has 1 saturated carbocycles.